The molecule has 3 nitrogen and oxygen atoms in total. The van der Waals surface area contributed by atoms with Crippen molar-refractivity contribution in [2.45, 2.75) is 13.8 Å². The minimum Gasteiger partial charge on any atom is -0.422 e. The molecule has 0 saturated heterocycles. The minimum absolute atomic E-state index is 0.389. The van der Waals surface area contributed by atoms with Crippen molar-refractivity contribution in [3.8, 4) is 5.75 Å². The van der Waals surface area contributed by atoms with Gasteiger partial charge in [0.05, 0.1) is 5.56 Å². The van der Waals surface area contributed by atoms with Crippen molar-refractivity contribution < 1.29 is 9.53 Å². The van der Waals surface area contributed by atoms with Gasteiger partial charge in [-0.2, -0.15) is 0 Å². The first-order valence-electron chi connectivity index (χ1n) is 5.72. The Bertz CT molecular complexity index is 571. The quantitative estimate of drug-likeness (QED) is 0.499. The van der Waals surface area contributed by atoms with Crippen LogP contribution in [0.1, 0.15) is 21.5 Å². The topological polar surface area (TPSA) is 52.3 Å². The molecular formula is C15H15NO2. The maximum absolute atomic E-state index is 12.0. The molecule has 2 aromatic rings. The molecule has 18 heavy (non-hydrogen) atoms. The van der Waals surface area contributed by atoms with E-state index in [0.29, 0.717) is 17.0 Å². The molecule has 0 aliphatic carbocycles. The second kappa shape index (κ2) is 4.92. The number of esters is 1. The van der Waals surface area contributed by atoms with Crippen LogP contribution >= 0.6 is 0 Å². The molecule has 3 heteroatoms. The zero-order valence-corrected chi connectivity index (χ0v) is 10.4. The van der Waals surface area contributed by atoms with Crippen LogP contribution in [0.3, 0.4) is 0 Å². The first-order valence-corrected chi connectivity index (χ1v) is 5.72. The number of nitrogen functional groups attached to an aromatic ring is 1. The fourth-order valence-electron chi connectivity index (χ4n) is 1.79. The van der Waals surface area contributed by atoms with Crippen molar-refractivity contribution in [2.75, 3.05) is 5.73 Å². The number of hydrogen-bond acceptors (Lipinski definition) is 3. The maximum atomic E-state index is 12.0. The van der Waals surface area contributed by atoms with Gasteiger partial charge in [0.1, 0.15) is 5.75 Å². The van der Waals surface area contributed by atoms with Gasteiger partial charge in [-0.15, -0.1) is 0 Å². The molecule has 0 aliphatic rings. The van der Waals surface area contributed by atoms with Crippen molar-refractivity contribution in [3.63, 3.8) is 0 Å². The summed E-state index contributed by atoms with van der Waals surface area (Å²) in [5, 5.41) is 0. The summed E-state index contributed by atoms with van der Waals surface area (Å²) in [5.74, 6) is 0.177. The first-order chi connectivity index (χ1) is 8.59. The summed E-state index contributed by atoms with van der Waals surface area (Å²) < 4.78 is 5.42. The molecule has 0 bridgehead atoms. The molecule has 2 aromatic carbocycles. The second-order valence-corrected chi connectivity index (χ2v) is 4.20. The van der Waals surface area contributed by atoms with Crippen LogP contribution in [0.2, 0.25) is 0 Å². The summed E-state index contributed by atoms with van der Waals surface area (Å²) in [4.78, 5) is 12.0. The smallest absolute Gasteiger partial charge is 0.345 e. The van der Waals surface area contributed by atoms with E-state index in [-0.39, 0.29) is 0 Å². The van der Waals surface area contributed by atoms with Gasteiger partial charge in [-0.25, -0.2) is 4.79 Å². The highest BCUT2D eigenvalue weighted by Gasteiger charge is 2.14. The summed E-state index contributed by atoms with van der Waals surface area (Å²) in [5.41, 5.74) is 8.42. The molecule has 2 rings (SSSR count). The van der Waals surface area contributed by atoms with Crippen molar-refractivity contribution in [1.29, 1.82) is 0 Å². The Labute approximate surface area is 106 Å². The van der Waals surface area contributed by atoms with Gasteiger partial charge in [0.2, 0.25) is 0 Å². The van der Waals surface area contributed by atoms with E-state index in [2.05, 4.69) is 0 Å². The van der Waals surface area contributed by atoms with Crippen LogP contribution in [-0.2, 0) is 0 Å². The average Bonchev–Trinajstić information content (AvgIpc) is 2.34. The summed E-state index contributed by atoms with van der Waals surface area (Å²) in [6, 6.07) is 12.6. The van der Waals surface area contributed by atoms with E-state index in [0.717, 1.165) is 11.1 Å². The van der Waals surface area contributed by atoms with E-state index in [1.165, 1.54) is 0 Å². The van der Waals surface area contributed by atoms with Gasteiger partial charge in [-0.1, -0.05) is 30.3 Å². The summed E-state index contributed by atoms with van der Waals surface area (Å²) in [6.07, 6.45) is 0. The molecule has 0 amide bonds. The molecule has 2 N–H and O–H groups in total. The monoisotopic (exact) mass is 241 g/mol. The third-order valence-corrected chi connectivity index (χ3v) is 2.78. The lowest BCUT2D eigenvalue weighted by Crippen LogP contribution is -2.12. The summed E-state index contributed by atoms with van der Waals surface area (Å²) in [7, 11) is 0. The Morgan fingerprint density at radius 3 is 2.22 bits per heavy atom. The van der Waals surface area contributed by atoms with E-state index in [1.807, 2.05) is 32.0 Å². The largest absolute Gasteiger partial charge is 0.422 e. The van der Waals surface area contributed by atoms with Crippen LogP contribution in [0.15, 0.2) is 42.5 Å². The summed E-state index contributed by atoms with van der Waals surface area (Å²) in [6.45, 7) is 3.81. The number of ether oxygens (including phenoxy) is 1. The van der Waals surface area contributed by atoms with Crippen LogP contribution in [0, 0.1) is 13.8 Å². The number of rotatable bonds is 2. The average molecular weight is 241 g/mol. The van der Waals surface area contributed by atoms with Gasteiger partial charge < -0.3 is 10.5 Å². The molecule has 0 fully saturated rings. The van der Waals surface area contributed by atoms with Crippen molar-refractivity contribution in [3.05, 3.63) is 59.2 Å². The lowest BCUT2D eigenvalue weighted by atomic mass is 10.1. The van der Waals surface area contributed by atoms with E-state index < -0.39 is 5.97 Å². The maximum Gasteiger partial charge on any atom is 0.345 e. The molecule has 0 spiro atoms. The molecule has 92 valence electrons. The molecule has 0 radical (unpaired) electrons. The zero-order valence-electron chi connectivity index (χ0n) is 10.4. The van der Waals surface area contributed by atoms with Gasteiger partial charge in [-0.05, 0) is 37.1 Å². The van der Waals surface area contributed by atoms with Crippen molar-refractivity contribution in [1.82, 2.24) is 0 Å². The SMILES string of the molecule is Cc1cccc(C)c1OC(=O)c1ccccc1N. The molecule has 0 atom stereocenters. The van der Waals surface area contributed by atoms with Crippen LogP contribution in [0.5, 0.6) is 5.75 Å². The zero-order chi connectivity index (χ0) is 13.1. The van der Waals surface area contributed by atoms with Crippen LogP contribution in [0.25, 0.3) is 0 Å². The lowest BCUT2D eigenvalue weighted by molar-refractivity contribution is 0.0733. The standard InChI is InChI=1S/C15H15NO2/c1-10-6-5-7-11(2)14(10)18-15(17)12-8-3-4-9-13(12)16/h3-9H,16H2,1-2H3. The highest BCUT2D eigenvalue weighted by Crippen LogP contribution is 2.24. The van der Waals surface area contributed by atoms with Crippen LogP contribution in [0.4, 0.5) is 5.69 Å². The number of hydrogen-bond donors (Lipinski definition) is 1. The van der Waals surface area contributed by atoms with E-state index in [4.69, 9.17) is 10.5 Å². The van der Waals surface area contributed by atoms with Gasteiger partial charge in [-0.3, -0.25) is 0 Å². The van der Waals surface area contributed by atoms with E-state index >= 15 is 0 Å². The number of para-hydroxylation sites is 2. The number of anilines is 1. The number of carbonyl (C=O) groups excluding carboxylic acids is 1. The fourth-order valence-corrected chi connectivity index (χ4v) is 1.79. The third kappa shape index (κ3) is 2.35. The van der Waals surface area contributed by atoms with Gasteiger partial charge in [0.15, 0.2) is 0 Å². The lowest BCUT2D eigenvalue weighted by Gasteiger charge is -2.11. The predicted molar refractivity (Wildman–Crippen MR) is 71.7 cm³/mol. The Hall–Kier alpha value is -2.29. The molecule has 0 heterocycles. The Kier molecular flexibility index (Phi) is 3.33. The van der Waals surface area contributed by atoms with Gasteiger partial charge in [0, 0.05) is 5.69 Å². The Balaban J connectivity index is 2.30. The van der Waals surface area contributed by atoms with Crippen LogP contribution in [-0.4, -0.2) is 5.97 Å². The Morgan fingerprint density at radius 2 is 1.61 bits per heavy atom. The van der Waals surface area contributed by atoms with Crippen LogP contribution < -0.4 is 10.5 Å². The van der Waals surface area contributed by atoms with Crippen molar-refractivity contribution in [2.24, 2.45) is 0 Å². The predicted octanol–water partition coefficient (Wildman–Crippen LogP) is 3.10. The van der Waals surface area contributed by atoms with Gasteiger partial charge in [0.25, 0.3) is 0 Å². The Morgan fingerprint density at radius 1 is 1.00 bits per heavy atom. The molecule has 0 saturated carbocycles. The molecular weight excluding hydrogens is 226 g/mol. The van der Waals surface area contributed by atoms with E-state index in [9.17, 15) is 4.79 Å². The van der Waals surface area contributed by atoms with Gasteiger partial charge >= 0.3 is 5.97 Å². The number of aryl methyl sites for hydroxylation is 2. The number of nitrogens with two attached hydrogens (primary N) is 1. The molecule has 0 unspecified atom stereocenters. The highest BCUT2D eigenvalue weighted by molar-refractivity contribution is 5.96. The number of carbonyl (C=O) groups is 1. The number of benzene rings is 2. The van der Waals surface area contributed by atoms with Crippen molar-refractivity contribution >= 4 is 11.7 Å². The molecule has 0 aliphatic heterocycles. The van der Waals surface area contributed by atoms with E-state index in [1.54, 1.807) is 24.3 Å². The summed E-state index contributed by atoms with van der Waals surface area (Å²) >= 11 is 0. The molecule has 0 aromatic heterocycles. The second-order valence-electron chi connectivity index (χ2n) is 4.20. The normalized spacial score (nSPS) is 10.1. The fraction of sp³-hybridized carbons (Fsp3) is 0.133. The minimum atomic E-state index is -0.425. The third-order valence-electron chi connectivity index (χ3n) is 2.78. The first kappa shape index (κ1) is 12.2. The highest BCUT2D eigenvalue weighted by atomic mass is 16.5.